The number of aromatic nitrogens is 2. The van der Waals surface area contributed by atoms with Crippen LogP contribution in [0.4, 0.5) is 40.8 Å². The number of amides is 1. The molecule has 2 unspecified atom stereocenters. The number of piperidine rings is 1. The van der Waals surface area contributed by atoms with Gasteiger partial charge in [0.2, 0.25) is 11.7 Å². The zero-order chi connectivity index (χ0) is 31.0. The van der Waals surface area contributed by atoms with Crippen LogP contribution in [0, 0.1) is 17.6 Å². The van der Waals surface area contributed by atoms with E-state index in [1.165, 1.54) is 19.1 Å². The highest BCUT2D eigenvalue weighted by molar-refractivity contribution is 5.77. The topological polar surface area (TPSA) is 101 Å². The van der Waals surface area contributed by atoms with E-state index in [-0.39, 0.29) is 37.8 Å². The van der Waals surface area contributed by atoms with Crippen LogP contribution in [-0.4, -0.2) is 34.8 Å². The van der Waals surface area contributed by atoms with Crippen LogP contribution in [0.15, 0.2) is 41.2 Å². The highest BCUT2D eigenvalue weighted by Gasteiger charge is 2.38. The Morgan fingerprint density at radius 1 is 1.07 bits per heavy atom. The summed E-state index contributed by atoms with van der Waals surface area (Å²) in [4.78, 5) is 31.3. The van der Waals surface area contributed by atoms with E-state index in [1.54, 1.807) is 4.90 Å². The van der Waals surface area contributed by atoms with Gasteiger partial charge < -0.3 is 20.4 Å². The third-order valence-corrected chi connectivity index (χ3v) is 7.01. The van der Waals surface area contributed by atoms with Crippen molar-refractivity contribution in [2.24, 2.45) is 11.7 Å². The number of alkyl halides is 6. The van der Waals surface area contributed by atoms with Gasteiger partial charge in [0.1, 0.15) is 17.4 Å². The Morgan fingerprint density at radius 2 is 1.74 bits per heavy atom. The molecule has 3 N–H and O–H groups in total. The zero-order valence-electron chi connectivity index (χ0n) is 21.9. The fourth-order valence-electron chi connectivity index (χ4n) is 5.04. The van der Waals surface area contributed by atoms with Crippen molar-refractivity contribution in [3.63, 3.8) is 0 Å². The molecule has 2 aromatic carbocycles. The number of hydrogen-bond acceptors (Lipinski definition) is 5. The van der Waals surface area contributed by atoms with E-state index in [2.05, 4.69) is 9.72 Å². The lowest BCUT2D eigenvalue weighted by Crippen LogP contribution is -2.47. The van der Waals surface area contributed by atoms with Crippen LogP contribution in [0.25, 0.3) is 11.4 Å². The molecule has 15 heteroatoms. The average molecular weight is 604 g/mol. The molecule has 0 bridgehead atoms. The monoisotopic (exact) mass is 604 g/mol. The lowest BCUT2D eigenvalue weighted by Gasteiger charge is -2.40. The number of carbonyl (C=O) groups excluding carboxylic acids is 1. The first kappa shape index (κ1) is 30.8. The van der Waals surface area contributed by atoms with E-state index in [9.17, 15) is 40.3 Å². The summed E-state index contributed by atoms with van der Waals surface area (Å²) in [6.45, 7) is 1.60. The van der Waals surface area contributed by atoms with Gasteiger partial charge in [-0.05, 0) is 61.6 Å². The second-order valence-corrected chi connectivity index (χ2v) is 9.70. The van der Waals surface area contributed by atoms with Crippen molar-refractivity contribution < 1.29 is 44.7 Å². The third kappa shape index (κ3) is 6.65. The summed E-state index contributed by atoms with van der Waals surface area (Å²) in [6.07, 6.45) is -10.0. The number of halogens is 8. The lowest BCUT2D eigenvalue weighted by molar-refractivity contribution is -0.274. The van der Waals surface area contributed by atoms with E-state index >= 15 is 4.39 Å². The Balaban J connectivity index is 1.77. The predicted octanol–water partition coefficient (Wildman–Crippen LogP) is 5.51. The Bertz CT molecular complexity index is 1520. The number of nitrogens with one attached hydrogen (secondary N) is 1. The van der Waals surface area contributed by atoms with Gasteiger partial charge in [-0.3, -0.25) is 9.59 Å². The van der Waals surface area contributed by atoms with Crippen LogP contribution in [0.5, 0.6) is 5.75 Å². The van der Waals surface area contributed by atoms with Gasteiger partial charge >= 0.3 is 12.5 Å². The summed E-state index contributed by atoms with van der Waals surface area (Å²) in [7, 11) is 0. The fourth-order valence-corrected chi connectivity index (χ4v) is 5.04. The molecule has 1 amide bonds. The van der Waals surface area contributed by atoms with Gasteiger partial charge in [0.25, 0.3) is 5.56 Å². The maximum atomic E-state index is 16.0. The van der Waals surface area contributed by atoms with Crippen molar-refractivity contribution in [2.45, 2.75) is 51.2 Å². The maximum Gasteiger partial charge on any atom is 0.573 e. The van der Waals surface area contributed by atoms with Crippen molar-refractivity contribution in [2.75, 3.05) is 11.4 Å². The number of anilines is 1. The van der Waals surface area contributed by atoms with Crippen LogP contribution in [-0.2, 0) is 23.8 Å². The Labute approximate surface area is 233 Å². The summed E-state index contributed by atoms with van der Waals surface area (Å²) >= 11 is 0. The third-order valence-electron chi connectivity index (χ3n) is 7.01. The van der Waals surface area contributed by atoms with Gasteiger partial charge in [0.15, 0.2) is 0 Å². The molecule has 42 heavy (non-hydrogen) atoms. The molecular formula is C27H24F8N4O3. The SMILES string of the molecule is CCc1nc(-c2c(C(F)(F)F)ccc(CC3CC(C(N)=O)CCN3c3ccc(OC(F)(F)F)cc3)c2F)[nH]c(=O)c1F. The minimum Gasteiger partial charge on any atom is -0.406 e. The van der Waals surface area contributed by atoms with Crippen molar-refractivity contribution in [1.29, 1.82) is 0 Å². The molecule has 1 aromatic heterocycles. The molecule has 1 saturated heterocycles. The number of nitrogens with two attached hydrogens (primary N) is 1. The molecular weight excluding hydrogens is 580 g/mol. The van der Waals surface area contributed by atoms with Gasteiger partial charge in [0, 0.05) is 24.2 Å². The lowest BCUT2D eigenvalue weighted by atomic mass is 9.86. The van der Waals surface area contributed by atoms with Crippen molar-refractivity contribution in [1.82, 2.24) is 9.97 Å². The normalized spacial score (nSPS) is 17.8. The Kier molecular flexibility index (Phi) is 8.51. The van der Waals surface area contributed by atoms with Crippen molar-refractivity contribution in [3.05, 3.63) is 75.2 Å². The van der Waals surface area contributed by atoms with E-state index < -0.39 is 76.0 Å². The first-order chi connectivity index (χ1) is 19.6. The van der Waals surface area contributed by atoms with E-state index in [1.807, 2.05) is 4.98 Å². The van der Waals surface area contributed by atoms with Crippen LogP contribution in [0.2, 0.25) is 0 Å². The number of ether oxygens (including phenoxy) is 1. The number of benzene rings is 2. The molecule has 2 heterocycles. The van der Waals surface area contributed by atoms with E-state index in [0.717, 1.165) is 18.2 Å². The molecule has 226 valence electrons. The Hall–Kier alpha value is -4.17. The number of rotatable bonds is 7. The van der Waals surface area contributed by atoms with E-state index in [0.29, 0.717) is 11.8 Å². The summed E-state index contributed by atoms with van der Waals surface area (Å²) in [6, 6.07) is 5.59. The fraction of sp³-hybridized carbons (Fsp3) is 0.370. The van der Waals surface area contributed by atoms with Crippen LogP contribution in [0.3, 0.4) is 0 Å². The predicted molar refractivity (Wildman–Crippen MR) is 134 cm³/mol. The molecule has 7 nitrogen and oxygen atoms in total. The van der Waals surface area contributed by atoms with Gasteiger partial charge in [-0.2, -0.15) is 17.6 Å². The molecule has 3 aromatic rings. The summed E-state index contributed by atoms with van der Waals surface area (Å²) in [5.41, 5.74) is 1.30. The second kappa shape index (κ2) is 11.6. The average Bonchev–Trinajstić information content (AvgIpc) is 2.90. The van der Waals surface area contributed by atoms with Gasteiger partial charge in [-0.1, -0.05) is 13.0 Å². The molecule has 1 aliphatic heterocycles. The Morgan fingerprint density at radius 3 is 2.31 bits per heavy atom. The number of carbonyl (C=O) groups is 1. The maximum absolute atomic E-state index is 16.0. The summed E-state index contributed by atoms with van der Waals surface area (Å²) in [5.74, 6) is -5.24. The largest absolute Gasteiger partial charge is 0.573 e. The highest BCUT2D eigenvalue weighted by Crippen LogP contribution is 2.40. The number of H-pyrrole nitrogens is 1. The molecule has 1 aliphatic rings. The van der Waals surface area contributed by atoms with Crippen LogP contribution < -0.4 is 20.9 Å². The van der Waals surface area contributed by atoms with E-state index in [4.69, 9.17) is 5.73 Å². The molecule has 0 aliphatic carbocycles. The van der Waals surface area contributed by atoms with Crippen molar-refractivity contribution >= 4 is 11.6 Å². The summed E-state index contributed by atoms with van der Waals surface area (Å²) < 4.78 is 113. The molecule has 1 fully saturated rings. The molecule has 0 radical (unpaired) electrons. The molecule has 0 spiro atoms. The summed E-state index contributed by atoms with van der Waals surface area (Å²) in [5, 5.41) is 0. The van der Waals surface area contributed by atoms with Gasteiger partial charge in [-0.25, -0.2) is 9.37 Å². The number of primary amides is 1. The number of aryl methyl sites for hydroxylation is 1. The first-order valence-electron chi connectivity index (χ1n) is 12.7. The quantitative estimate of drug-likeness (QED) is 0.347. The number of nitrogens with zero attached hydrogens (tertiary/aromatic N) is 2. The second-order valence-electron chi connectivity index (χ2n) is 9.70. The first-order valence-corrected chi connectivity index (χ1v) is 12.7. The zero-order valence-corrected chi connectivity index (χ0v) is 21.9. The minimum atomic E-state index is -5.07. The van der Waals surface area contributed by atoms with Gasteiger partial charge in [0.05, 0.1) is 16.8 Å². The minimum absolute atomic E-state index is 0.0670. The molecule has 0 saturated carbocycles. The standard InChI is InChI=1S/C27H24F8N4O3/c1-2-19-22(29)25(41)38-24(37-19)20-18(26(30,31)32)8-3-13(21(20)28)11-16-12-14(23(36)40)9-10-39(16)15-4-6-17(7-5-15)42-27(33,34)35/h3-8,14,16H,2,9-12H2,1H3,(H2,36,40)(H,37,38,41). The van der Waals surface area contributed by atoms with Crippen LogP contribution >= 0.6 is 0 Å². The van der Waals surface area contributed by atoms with Gasteiger partial charge in [-0.15, -0.1) is 13.2 Å². The van der Waals surface area contributed by atoms with Crippen LogP contribution in [0.1, 0.15) is 36.6 Å². The molecule has 2 atom stereocenters. The number of aromatic amines is 1. The number of hydrogen-bond donors (Lipinski definition) is 2. The smallest absolute Gasteiger partial charge is 0.406 e. The highest BCUT2D eigenvalue weighted by atomic mass is 19.4. The molecule has 4 rings (SSSR count). The van der Waals surface area contributed by atoms with Crippen molar-refractivity contribution in [3.8, 4) is 17.1 Å².